The van der Waals surface area contributed by atoms with E-state index >= 15 is 0 Å². The number of morpholine rings is 1. The summed E-state index contributed by atoms with van der Waals surface area (Å²) in [7, 11) is -3.28. The number of amides is 1. The van der Waals surface area contributed by atoms with Crippen molar-refractivity contribution < 1.29 is 17.9 Å². The van der Waals surface area contributed by atoms with Crippen LogP contribution in [0.15, 0.2) is 0 Å². The standard InChI is InChI=1S/C17H23N3O4S2/c1-17(2)11-13-12(5-4-6-18-26(3,22)23)16(20-7-9-24-10-8-20)25-14(13)15(21)19-17/h18H,6-11H2,1-3H3,(H,19,21). The number of carbonyl (C=O) groups is 1. The van der Waals surface area contributed by atoms with Crippen LogP contribution in [0.2, 0.25) is 0 Å². The third-order valence-electron chi connectivity index (χ3n) is 4.20. The van der Waals surface area contributed by atoms with Gasteiger partial charge >= 0.3 is 0 Å². The first-order valence-corrected chi connectivity index (χ1v) is 11.1. The fourth-order valence-electron chi connectivity index (χ4n) is 3.07. The number of nitrogens with zero attached hydrogens (tertiary/aromatic N) is 1. The summed E-state index contributed by atoms with van der Waals surface area (Å²) >= 11 is 1.46. The molecule has 1 amide bonds. The van der Waals surface area contributed by atoms with E-state index in [1.807, 2.05) is 13.8 Å². The number of fused-ring (bicyclic) bond motifs is 1. The molecule has 1 aromatic rings. The molecule has 1 saturated heterocycles. The lowest BCUT2D eigenvalue weighted by Gasteiger charge is -2.30. The van der Waals surface area contributed by atoms with Crippen LogP contribution in [0.5, 0.6) is 0 Å². The lowest BCUT2D eigenvalue weighted by atomic mass is 9.89. The van der Waals surface area contributed by atoms with Crippen LogP contribution in [-0.2, 0) is 21.2 Å². The molecule has 26 heavy (non-hydrogen) atoms. The van der Waals surface area contributed by atoms with Crippen molar-refractivity contribution in [3.05, 3.63) is 16.0 Å². The quantitative estimate of drug-likeness (QED) is 0.728. The summed E-state index contributed by atoms with van der Waals surface area (Å²) in [4.78, 5) is 15.4. The van der Waals surface area contributed by atoms with Crippen LogP contribution >= 0.6 is 11.3 Å². The van der Waals surface area contributed by atoms with Crippen LogP contribution in [0, 0.1) is 11.8 Å². The Labute approximate surface area is 158 Å². The largest absolute Gasteiger partial charge is 0.378 e. The maximum absolute atomic E-state index is 12.5. The fourth-order valence-corrected chi connectivity index (χ4v) is 4.63. The SMILES string of the molecule is CC1(C)Cc2c(sc(N3CCOCC3)c2C#CCNS(C)(=O)=O)C(=O)N1. The van der Waals surface area contributed by atoms with Crippen molar-refractivity contribution in [2.24, 2.45) is 0 Å². The number of hydrogen-bond donors (Lipinski definition) is 2. The van der Waals surface area contributed by atoms with Crippen molar-refractivity contribution in [2.45, 2.75) is 25.8 Å². The zero-order chi connectivity index (χ0) is 18.9. The molecule has 0 radical (unpaired) electrons. The average Bonchev–Trinajstić information content (AvgIpc) is 2.89. The number of ether oxygens (including phenoxy) is 1. The van der Waals surface area contributed by atoms with Crippen molar-refractivity contribution >= 4 is 32.3 Å². The monoisotopic (exact) mass is 397 g/mol. The highest BCUT2D eigenvalue weighted by molar-refractivity contribution is 7.88. The highest BCUT2D eigenvalue weighted by Gasteiger charge is 2.35. The smallest absolute Gasteiger partial charge is 0.262 e. The van der Waals surface area contributed by atoms with Crippen LogP contribution in [-0.4, -0.2) is 59.0 Å². The molecular weight excluding hydrogens is 374 g/mol. The maximum atomic E-state index is 12.5. The van der Waals surface area contributed by atoms with Crippen LogP contribution < -0.4 is 14.9 Å². The molecule has 0 bridgehead atoms. The molecule has 3 rings (SSSR count). The van der Waals surface area contributed by atoms with Crippen LogP contribution in [0.3, 0.4) is 0 Å². The summed E-state index contributed by atoms with van der Waals surface area (Å²) in [6.07, 6.45) is 1.80. The van der Waals surface area contributed by atoms with Crippen molar-refractivity contribution in [1.29, 1.82) is 0 Å². The molecule has 1 fully saturated rings. The van der Waals surface area contributed by atoms with E-state index in [4.69, 9.17) is 4.74 Å². The van der Waals surface area contributed by atoms with Gasteiger partial charge in [0.25, 0.3) is 5.91 Å². The van der Waals surface area contributed by atoms with Gasteiger partial charge in [-0.25, -0.2) is 13.1 Å². The molecule has 0 saturated carbocycles. The molecule has 2 aliphatic rings. The molecule has 2 N–H and O–H groups in total. The van der Waals surface area contributed by atoms with Crippen molar-refractivity contribution in [1.82, 2.24) is 10.0 Å². The van der Waals surface area contributed by atoms with Gasteiger partial charge in [0, 0.05) is 18.6 Å². The highest BCUT2D eigenvalue weighted by Crippen LogP contribution is 2.40. The number of carbonyl (C=O) groups excluding carboxylic acids is 1. The zero-order valence-electron chi connectivity index (χ0n) is 15.1. The molecule has 0 aromatic carbocycles. The highest BCUT2D eigenvalue weighted by atomic mass is 32.2. The van der Waals surface area contributed by atoms with Gasteiger partial charge in [-0.2, -0.15) is 0 Å². The fraction of sp³-hybridized carbons (Fsp3) is 0.588. The lowest BCUT2D eigenvalue weighted by molar-refractivity contribution is 0.0902. The summed E-state index contributed by atoms with van der Waals surface area (Å²) in [5, 5.41) is 4.00. The van der Waals surface area contributed by atoms with Gasteiger partial charge in [0.1, 0.15) is 5.00 Å². The molecule has 142 valence electrons. The minimum Gasteiger partial charge on any atom is -0.378 e. The Morgan fingerprint density at radius 1 is 1.35 bits per heavy atom. The van der Waals surface area contributed by atoms with Crippen LogP contribution in [0.1, 0.15) is 34.6 Å². The summed E-state index contributed by atoms with van der Waals surface area (Å²) in [5.74, 6) is 5.94. The second kappa shape index (κ2) is 7.19. The van der Waals surface area contributed by atoms with E-state index in [1.54, 1.807) is 0 Å². The van der Waals surface area contributed by atoms with Gasteiger partial charge in [-0.3, -0.25) is 4.79 Å². The summed E-state index contributed by atoms with van der Waals surface area (Å²) in [5.41, 5.74) is 1.46. The number of anilines is 1. The summed E-state index contributed by atoms with van der Waals surface area (Å²) < 4.78 is 30.2. The molecule has 7 nitrogen and oxygen atoms in total. The van der Waals surface area contributed by atoms with Gasteiger partial charge in [-0.15, -0.1) is 11.3 Å². The first-order valence-electron chi connectivity index (χ1n) is 8.41. The molecule has 0 atom stereocenters. The van der Waals surface area contributed by atoms with E-state index in [0.29, 0.717) is 24.5 Å². The Morgan fingerprint density at radius 3 is 2.69 bits per heavy atom. The van der Waals surface area contributed by atoms with E-state index in [2.05, 4.69) is 26.8 Å². The number of rotatable bonds is 3. The molecule has 9 heteroatoms. The van der Waals surface area contributed by atoms with Crippen LogP contribution in [0.4, 0.5) is 5.00 Å². The number of thiophene rings is 1. The first-order chi connectivity index (χ1) is 12.2. The second-order valence-electron chi connectivity index (χ2n) is 7.10. The van der Waals surface area contributed by atoms with Crippen molar-refractivity contribution in [3.63, 3.8) is 0 Å². The van der Waals surface area contributed by atoms with Gasteiger partial charge in [-0.1, -0.05) is 11.8 Å². The summed E-state index contributed by atoms with van der Waals surface area (Å²) in [6.45, 7) is 6.80. The predicted octanol–water partition coefficient (Wildman–Crippen LogP) is 0.550. The Balaban J connectivity index is 1.99. The van der Waals surface area contributed by atoms with E-state index in [9.17, 15) is 13.2 Å². The van der Waals surface area contributed by atoms with Crippen molar-refractivity contribution in [2.75, 3.05) is 44.0 Å². The minimum atomic E-state index is -3.28. The normalized spacial score (nSPS) is 19.3. The Bertz CT molecular complexity index is 872. The van der Waals surface area contributed by atoms with Crippen molar-refractivity contribution in [3.8, 4) is 11.8 Å². The van der Waals surface area contributed by atoms with Gasteiger partial charge < -0.3 is 15.0 Å². The average molecular weight is 398 g/mol. The van der Waals surface area contributed by atoms with E-state index < -0.39 is 10.0 Å². The first kappa shape index (κ1) is 19.2. The minimum absolute atomic E-state index is 0.0432. The van der Waals surface area contributed by atoms with E-state index in [0.717, 1.165) is 35.5 Å². The molecule has 1 aromatic heterocycles. The third kappa shape index (κ3) is 4.38. The third-order valence-corrected chi connectivity index (χ3v) is 6.16. The Morgan fingerprint density at radius 2 is 2.04 bits per heavy atom. The molecular formula is C17H23N3O4S2. The second-order valence-corrected chi connectivity index (χ2v) is 9.93. The molecule has 0 unspecified atom stereocenters. The molecule has 0 spiro atoms. The zero-order valence-corrected chi connectivity index (χ0v) is 16.8. The van der Waals surface area contributed by atoms with Gasteiger partial charge in [0.2, 0.25) is 10.0 Å². The lowest BCUT2D eigenvalue weighted by Crippen LogP contribution is -2.48. The molecule has 0 aliphatic carbocycles. The molecule has 2 aliphatic heterocycles. The number of hydrogen-bond acceptors (Lipinski definition) is 6. The maximum Gasteiger partial charge on any atom is 0.262 e. The van der Waals surface area contributed by atoms with E-state index in [-0.39, 0.29) is 18.0 Å². The van der Waals surface area contributed by atoms with Crippen LogP contribution in [0.25, 0.3) is 0 Å². The van der Waals surface area contributed by atoms with E-state index in [1.165, 1.54) is 11.3 Å². The Hall–Kier alpha value is -1.60. The Kier molecular flexibility index (Phi) is 5.30. The van der Waals surface area contributed by atoms with Gasteiger partial charge in [-0.05, 0) is 25.8 Å². The van der Waals surface area contributed by atoms with Gasteiger partial charge in [0.15, 0.2) is 0 Å². The number of nitrogens with one attached hydrogen (secondary N) is 2. The topological polar surface area (TPSA) is 87.7 Å². The van der Waals surface area contributed by atoms with Gasteiger partial charge in [0.05, 0.1) is 36.5 Å². The summed E-state index contributed by atoms with van der Waals surface area (Å²) in [6, 6.07) is 0. The molecule has 3 heterocycles. The number of sulfonamides is 1. The predicted molar refractivity (Wildman–Crippen MR) is 102 cm³/mol.